The average molecular weight is 308 g/mol. The maximum atomic E-state index is 11.6. The molecule has 0 aromatic heterocycles. The quantitative estimate of drug-likeness (QED) is 0.712. The van der Waals surface area contributed by atoms with Crippen LogP contribution in [-0.2, 0) is 11.2 Å². The van der Waals surface area contributed by atoms with Gasteiger partial charge in [-0.3, -0.25) is 9.59 Å². The van der Waals surface area contributed by atoms with Gasteiger partial charge in [-0.25, -0.2) is 0 Å². The van der Waals surface area contributed by atoms with Gasteiger partial charge in [0.05, 0.1) is 0 Å². The van der Waals surface area contributed by atoms with Crippen LogP contribution in [0.25, 0.3) is 0 Å². The van der Waals surface area contributed by atoms with Crippen LogP contribution < -0.4 is 21.7 Å². The largest absolute Gasteiger partial charge is 0.366 e. The molecule has 2 amide bonds. The van der Waals surface area contributed by atoms with Crippen molar-refractivity contribution in [2.24, 2.45) is 17.4 Å². The lowest BCUT2D eigenvalue weighted by molar-refractivity contribution is -0.116. The molecule has 1 atom stereocenters. The first-order chi connectivity index (χ1) is 10.4. The van der Waals surface area contributed by atoms with E-state index in [1.165, 1.54) is 7.05 Å². The fourth-order valence-electron chi connectivity index (χ4n) is 2.31. The van der Waals surface area contributed by atoms with Crippen molar-refractivity contribution in [2.45, 2.75) is 20.3 Å². The van der Waals surface area contributed by atoms with Gasteiger partial charge in [-0.1, -0.05) is 6.92 Å². The zero-order chi connectivity index (χ0) is 17.3. The van der Waals surface area contributed by atoms with Crippen LogP contribution >= 0.6 is 0 Å². The van der Waals surface area contributed by atoms with Gasteiger partial charge in [0, 0.05) is 24.7 Å². The van der Waals surface area contributed by atoms with Crippen LogP contribution in [0.3, 0.4) is 0 Å². The molecule has 6 nitrogen and oxygen atoms in total. The molecule has 2 rings (SSSR count). The molecule has 5 N–H and O–H groups in total. The van der Waals surface area contributed by atoms with Crippen LogP contribution in [0, 0.1) is 5.92 Å². The Morgan fingerprint density at radius 1 is 1.27 bits per heavy atom. The molecule has 1 unspecified atom stereocenters. The Bertz CT molecular complexity index is 503. The van der Waals surface area contributed by atoms with Gasteiger partial charge >= 0.3 is 0 Å². The normalized spacial score (nSPS) is 15.5. The number of rotatable bonds is 1. The van der Waals surface area contributed by atoms with Crippen molar-refractivity contribution in [3.63, 3.8) is 0 Å². The summed E-state index contributed by atoms with van der Waals surface area (Å²) < 4.78 is 0. The summed E-state index contributed by atoms with van der Waals surface area (Å²) >= 11 is 0. The Morgan fingerprint density at radius 2 is 1.82 bits per heavy atom. The fraction of sp³-hybridized carbons (Fsp3) is 0.500. The second kappa shape index (κ2) is 9.92. The number of nitrogens with zero attached hydrogens (tertiary/aromatic N) is 1. The Balaban J connectivity index is 0.000000789. The molecule has 0 saturated heterocycles. The Hall–Kier alpha value is -1.92. The Labute approximate surface area is 132 Å². The van der Waals surface area contributed by atoms with Crippen molar-refractivity contribution < 1.29 is 9.59 Å². The summed E-state index contributed by atoms with van der Waals surface area (Å²) in [5.41, 5.74) is 12.2. The third-order valence-electron chi connectivity index (χ3n) is 3.10. The first-order valence-corrected chi connectivity index (χ1v) is 7.27. The van der Waals surface area contributed by atoms with Crippen molar-refractivity contribution in [3.8, 4) is 0 Å². The van der Waals surface area contributed by atoms with Gasteiger partial charge in [0.25, 0.3) is 0 Å². The number of nitrogens with one attached hydrogen (secondary N) is 1. The van der Waals surface area contributed by atoms with Crippen molar-refractivity contribution in [1.29, 1.82) is 0 Å². The number of amides is 2. The molecule has 0 saturated carbocycles. The number of anilines is 1. The highest BCUT2D eigenvalue weighted by Crippen LogP contribution is 2.30. The van der Waals surface area contributed by atoms with Crippen LogP contribution in [-0.4, -0.2) is 39.5 Å². The molecule has 0 bridgehead atoms. The smallest absolute Gasteiger partial charge is 0.248 e. The molecule has 0 spiro atoms. The molecule has 1 aliphatic heterocycles. The van der Waals surface area contributed by atoms with Crippen molar-refractivity contribution in [1.82, 2.24) is 5.32 Å². The van der Waals surface area contributed by atoms with E-state index < -0.39 is 5.91 Å². The van der Waals surface area contributed by atoms with Gasteiger partial charge in [0.15, 0.2) is 0 Å². The highest BCUT2D eigenvalue weighted by atomic mass is 16.2. The summed E-state index contributed by atoms with van der Waals surface area (Å²) in [6.07, 6.45) is 0.875. The lowest BCUT2D eigenvalue weighted by Crippen LogP contribution is -2.37. The predicted molar refractivity (Wildman–Crippen MR) is 91.0 cm³/mol. The van der Waals surface area contributed by atoms with E-state index in [0.717, 1.165) is 24.2 Å². The van der Waals surface area contributed by atoms with Crippen molar-refractivity contribution in [2.75, 3.05) is 32.6 Å². The second-order valence-corrected chi connectivity index (χ2v) is 5.15. The highest BCUT2D eigenvalue weighted by molar-refractivity contribution is 5.96. The predicted octanol–water partition coefficient (Wildman–Crippen LogP) is 0.741. The molecule has 22 heavy (non-hydrogen) atoms. The zero-order valence-electron chi connectivity index (χ0n) is 14.1. The van der Waals surface area contributed by atoms with Crippen LogP contribution in [0.15, 0.2) is 18.2 Å². The number of hydrogen-bond donors (Lipinski definition) is 3. The van der Waals surface area contributed by atoms with E-state index >= 15 is 0 Å². The topological polar surface area (TPSA) is 101 Å². The average Bonchev–Trinajstić information content (AvgIpc) is 2.48. The molecule has 1 heterocycles. The third kappa shape index (κ3) is 5.46. The van der Waals surface area contributed by atoms with Crippen LogP contribution in [0.5, 0.6) is 0 Å². The first kappa shape index (κ1) is 20.1. The van der Waals surface area contributed by atoms with Crippen molar-refractivity contribution in [3.05, 3.63) is 29.3 Å². The minimum Gasteiger partial charge on any atom is -0.366 e. The van der Waals surface area contributed by atoms with E-state index in [2.05, 4.69) is 18.0 Å². The fourth-order valence-corrected chi connectivity index (χ4v) is 2.31. The molecule has 0 fully saturated rings. The van der Waals surface area contributed by atoms with Gasteiger partial charge < -0.3 is 21.7 Å². The first-order valence-electron chi connectivity index (χ1n) is 7.27. The van der Waals surface area contributed by atoms with Crippen LogP contribution in [0.1, 0.15) is 29.8 Å². The van der Waals surface area contributed by atoms with Gasteiger partial charge in [0.1, 0.15) is 0 Å². The molecule has 1 aromatic rings. The monoisotopic (exact) mass is 308 g/mol. The Kier molecular flexibility index (Phi) is 9.05. The number of carbonyl (C=O) groups is 2. The van der Waals surface area contributed by atoms with Gasteiger partial charge in [-0.15, -0.1) is 0 Å². The number of hydrogen-bond acceptors (Lipinski definition) is 4. The minimum absolute atomic E-state index is 0.0321. The SMILES string of the molecule is CC(=O)N1CC(C)Cc2cc(C(N)=O)ccc21.CN.CNC. The summed E-state index contributed by atoms with van der Waals surface area (Å²) in [6.45, 7) is 4.39. The number of nitrogens with two attached hydrogens (primary N) is 2. The summed E-state index contributed by atoms with van der Waals surface area (Å²) in [5.74, 6) is -0.000414. The number of primary amides is 1. The maximum Gasteiger partial charge on any atom is 0.248 e. The van der Waals surface area contributed by atoms with Crippen LogP contribution in [0.4, 0.5) is 5.69 Å². The highest BCUT2D eigenvalue weighted by Gasteiger charge is 2.24. The molecule has 0 radical (unpaired) electrons. The molecule has 0 aliphatic carbocycles. The molecular formula is C16H28N4O2. The van der Waals surface area contributed by atoms with E-state index in [1.807, 2.05) is 20.2 Å². The number of benzene rings is 1. The van der Waals surface area contributed by atoms with E-state index in [0.29, 0.717) is 11.5 Å². The zero-order valence-corrected chi connectivity index (χ0v) is 14.1. The summed E-state index contributed by atoms with van der Waals surface area (Å²) in [4.78, 5) is 24.4. The minimum atomic E-state index is -0.430. The van der Waals surface area contributed by atoms with Gasteiger partial charge in [-0.2, -0.15) is 0 Å². The summed E-state index contributed by atoms with van der Waals surface area (Å²) in [6, 6.07) is 5.28. The van der Waals surface area contributed by atoms with Crippen LogP contribution in [0.2, 0.25) is 0 Å². The van der Waals surface area contributed by atoms with Gasteiger partial charge in [0.2, 0.25) is 11.8 Å². The summed E-state index contributed by atoms with van der Waals surface area (Å²) in [7, 11) is 5.25. The standard InChI is InChI=1S/C13H16N2O2.C2H7N.CH5N/c1-8-5-11-6-10(13(14)17)3-4-12(11)15(7-8)9(2)16;1-3-2;1-2/h3-4,6,8H,5,7H2,1-2H3,(H2,14,17);3H,1-2H3;2H2,1H3. The molecule has 124 valence electrons. The number of fused-ring (bicyclic) bond motifs is 1. The van der Waals surface area contributed by atoms with E-state index in [-0.39, 0.29) is 5.91 Å². The number of carbonyl (C=O) groups excluding carboxylic acids is 2. The maximum absolute atomic E-state index is 11.6. The molecular weight excluding hydrogens is 280 g/mol. The molecule has 1 aliphatic rings. The molecule has 6 heteroatoms. The van der Waals surface area contributed by atoms with Crippen molar-refractivity contribution >= 4 is 17.5 Å². The second-order valence-electron chi connectivity index (χ2n) is 5.15. The lowest BCUT2D eigenvalue weighted by Gasteiger charge is -2.32. The van der Waals surface area contributed by atoms with E-state index in [9.17, 15) is 9.59 Å². The lowest BCUT2D eigenvalue weighted by atomic mass is 9.92. The Morgan fingerprint density at radius 3 is 2.27 bits per heavy atom. The van der Waals surface area contributed by atoms with E-state index in [1.54, 1.807) is 24.0 Å². The third-order valence-corrected chi connectivity index (χ3v) is 3.10. The molecule has 1 aromatic carbocycles. The van der Waals surface area contributed by atoms with Gasteiger partial charge in [-0.05, 0) is 57.2 Å². The summed E-state index contributed by atoms with van der Waals surface area (Å²) in [5, 5.41) is 2.75. The van der Waals surface area contributed by atoms with E-state index in [4.69, 9.17) is 5.73 Å².